The monoisotopic (exact) mass is 199 g/mol. The Morgan fingerprint density at radius 2 is 2.54 bits per heavy atom. The second kappa shape index (κ2) is 3.29. The summed E-state index contributed by atoms with van der Waals surface area (Å²) in [5.74, 6) is -0.441. The van der Waals surface area contributed by atoms with Crippen LogP contribution in [0, 0.1) is 5.92 Å². The van der Waals surface area contributed by atoms with Crippen LogP contribution in [0.5, 0.6) is 0 Å². The second-order valence-electron chi connectivity index (χ2n) is 3.09. The molecule has 1 saturated heterocycles. The summed E-state index contributed by atoms with van der Waals surface area (Å²) in [6, 6.07) is 0. The van der Waals surface area contributed by atoms with Crippen LogP contribution in [0.1, 0.15) is 6.42 Å². The van der Waals surface area contributed by atoms with Crippen LogP contribution in [-0.2, 0) is 4.79 Å². The van der Waals surface area contributed by atoms with E-state index < -0.39 is 5.97 Å². The number of hydrogen-bond donors (Lipinski definition) is 1. The van der Waals surface area contributed by atoms with E-state index in [0.717, 1.165) is 18.2 Å². The van der Waals surface area contributed by atoms with E-state index in [-0.39, 0.29) is 12.3 Å². The molecular weight excluding hydrogens is 190 g/mol. The van der Waals surface area contributed by atoms with Crippen LogP contribution in [0.4, 0.5) is 5.13 Å². The zero-order valence-corrected chi connectivity index (χ0v) is 7.70. The molecule has 0 atom stereocenters. The van der Waals surface area contributed by atoms with E-state index in [1.54, 1.807) is 0 Å². The van der Waals surface area contributed by atoms with Gasteiger partial charge in [0.1, 0.15) is 6.33 Å². The van der Waals surface area contributed by atoms with Crippen molar-refractivity contribution in [2.24, 2.45) is 5.92 Å². The molecule has 5 nitrogen and oxygen atoms in total. The summed E-state index contributed by atoms with van der Waals surface area (Å²) in [5.41, 5.74) is 0. The fourth-order valence-corrected chi connectivity index (χ4v) is 1.96. The number of rotatable bonds is 3. The summed E-state index contributed by atoms with van der Waals surface area (Å²) in [6.45, 7) is 1.59. The third kappa shape index (κ3) is 1.77. The molecule has 0 aliphatic carbocycles. The molecule has 13 heavy (non-hydrogen) atoms. The van der Waals surface area contributed by atoms with Gasteiger partial charge in [0.15, 0.2) is 0 Å². The van der Waals surface area contributed by atoms with E-state index in [0.29, 0.717) is 0 Å². The minimum atomic E-state index is -0.720. The topological polar surface area (TPSA) is 66.3 Å². The number of carboxylic acids is 1. The quantitative estimate of drug-likeness (QED) is 0.765. The van der Waals surface area contributed by atoms with Gasteiger partial charge >= 0.3 is 5.97 Å². The highest BCUT2D eigenvalue weighted by Gasteiger charge is 2.30. The van der Waals surface area contributed by atoms with E-state index in [4.69, 9.17) is 5.11 Å². The van der Waals surface area contributed by atoms with Gasteiger partial charge in [-0.2, -0.15) is 4.37 Å². The maximum atomic E-state index is 10.4. The second-order valence-corrected chi connectivity index (χ2v) is 3.85. The molecule has 0 radical (unpaired) electrons. The molecule has 1 N–H and O–H groups in total. The number of carboxylic acid groups (broad SMARTS) is 1. The molecule has 2 heterocycles. The van der Waals surface area contributed by atoms with Crippen molar-refractivity contribution in [1.82, 2.24) is 9.36 Å². The largest absolute Gasteiger partial charge is 0.481 e. The maximum absolute atomic E-state index is 10.4. The van der Waals surface area contributed by atoms with Gasteiger partial charge < -0.3 is 10.0 Å². The van der Waals surface area contributed by atoms with E-state index in [2.05, 4.69) is 9.36 Å². The summed E-state index contributed by atoms with van der Waals surface area (Å²) in [4.78, 5) is 16.4. The lowest BCUT2D eigenvalue weighted by molar-refractivity contribution is -0.138. The Kier molecular flexibility index (Phi) is 2.13. The van der Waals surface area contributed by atoms with Crippen molar-refractivity contribution < 1.29 is 9.90 Å². The van der Waals surface area contributed by atoms with Crippen LogP contribution in [0.15, 0.2) is 6.33 Å². The van der Waals surface area contributed by atoms with Crippen molar-refractivity contribution in [2.45, 2.75) is 6.42 Å². The lowest BCUT2D eigenvalue weighted by Crippen LogP contribution is -2.47. The first-order valence-corrected chi connectivity index (χ1v) is 4.76. The summed E-state index contributed by atoms with van der Waals surface area (Å²) < 4.78 is 3.88. The Hall–Kier alpha value is -1.17. The standard InChI is InChI=1S/C7H9N3O2S/c11-6(12)1-5-2-10(3-5)7-8-4-9-13-7/h4-5H,1-3H2,(H,11,12). The van der Waals surface area contributed by atoms with E-state index in [1.807, 2.05) is 4.90 Å². The predicted octanol–water partition coefficient (Wildman–Crippen LogP) is 0.449. The first-order chi connectivity index (χ1) is 6.25. The molecule has 0 aromatic carbocycles. The molecule has 0 spiro atoms. The van der Waals surface area contributed by atoms with Crippen molar-refractivity contribution in [1.29, 1.82) is 0 Å². The lowest BCUT2D eigenvalue weighted by Gasteiger charge is -2.37. The fourth-order valence-electron chi connectivity index (χ4n) is 1.41. The van der Waals surface area contributed by atoms with Crippen LogP contribution in [0.2, 0.25) is 0 Å². The van der Waals surface area contributed by atoms with Crippen LogP contribution in [-0.4, -0.2) is 33.5 Å². The molecule has 0 saturated carbocycles. The minimum absolute atomic E-state index is 0.259. The third-order valence-electron chi connectivity index (χ3n) is 2.04. The lowest BCUT2D eigenvalue weighted by atomic mass is 9.97. The van der Waals surface area contributed by atoms with Gasteiger partial charge in [-0.3, -0.25) is 4.79 Å². The highest BCUT2D eigenvalue weighted by molar-refractivity contribution is 7.09. The van der Waals surface area contributed by atoms with Crippen molar-refractivity contribution in [3.8, 4) is 0 Å². The summed E-state index contributed by atoms with van der Waals surface area (Å²) in [6.07, 6.45) is 1.78. The molecular formula is C7H9N3O2S. The normalized spacial score (nSPS) is 17.1. The summed E-state index contributed by atoms with van der Waals surface area (Å²) in [5, 5.41) is 9.41. The van der Waals surface area contributed by atoms with Gasteiger partial charge in [0, 0.05) is 30.5 Å². The molecule has 1 aromatic rings. The van der Waals surface area contributed by atoms with Gasteiger partial charge in [0.05, 0.1) is 6.42 Å². The first-order valence-electron chi connectivity index (χ1n) is 3.99. The molecule has 6 heteroatoms. The van der Waals surface area contributed by atoms with E-state index in [1.165, 1.54) is 17.9 Å². The maximum Gasteiger partial charge on any atom is 0.303 e. The van der Waals surface area contributed by atoms with Crippen LogP contribution in [0.3, 0.4) is 0 Å². The number of aromatic nitrogens is 2. The van der Waals surface area contributed by atoms with Crippen LogP contribution >= 0.6 is 11.5 Å². The minimum Gasteiger partial charge on any atom is -0.481 e. The predicted molar refractivity (Wildman–Crippen MR) is 47.9 cm³/mol. The van der Waals surface area contributed by atoms with Crippen molar-refractivity contribution in [3.63, 3.8) is 0 Å². The molecule has 70 valence electrons. The van der Waals surface area contributed by atoms with Gasteiger partial charge in [0.25, 0.3) is 0 Å². The van der Waals surface area contributed by atoms with Crippen LogP contribution in [0.25, 0.3) is 0 Å². The number of nitrogens with zero attached hydrogens (tertiary/aromatic N) is 3. The highest BCUT2D eigenvalue weighted by atomic mass is 32.1. The Morgan fingerprint density at radius 1 is 1.77 bits per heavy atom. The summed E-state index contributed by atoms with van der Waals surface area (Å²) >= 11 is 1.35. The van der Waals surface area contributed by atoms with Crippen molar-refractivity contribution >= 4 is 22.6 Å². The van der Waals surface area contributed by atoms with Gasteiger partial charge in [-0.1, -0.05) is 0 Å². The van der Waals surface area contributed by atoms with Crippen LogP contribution < -0.4 is 4.90 Å². The Bertz CT molecular complexity index is 295. The summed E-state index contributed by atoms with van der Waals surface area (Å²) in [7, 11) is 0. The van der Waals surface area contributed by atoms with E-state index >= 15 is 0 Å². The molecule has 0 amide bonds. The fraction of sp³-hybridized carbons (Fsp3) is 0.571. The van der Waals surface area contributed by atoms with Gasteiger partial charge in [-0.05, 0) is 0 Å². The molecule has 2 rings (SSSR count). The van der Waals surface area contributed by atoms with Gasteiger partial charge in [-0.15, -0.1) is 0 Å². The number of aliphatic carboxylic acids is 1. The molecule has 0 bridgehead atoms. The average molecular weight is 199 g/mol. The molecule has 1 aromatic heterocycles. The van der Waals surface area contributed by atoms with Gasteiger partial charge in [-0.25, -0.2) is 4.98 Å². The molecule has 1 aliphatic rings. The smallest absolute Gasteiger partial charge is 0.303 e. The SMILES string of the molecule is O=C(O)CC1CN(c2ncns2)C1. The first kappa shape index (κ1) is 8.43. The van der Waals surface area contributed by atoms with E-state index in [9.17, 15) is 4.79 Å². The number of hydrogen-bond acceptors (Lipinski definition) is 5. The third-order valence-corrected chi connectivity index (χ3v) is 2.77. The zero-order chi connectivity index (χ0) is 9.26. The Labute approximate surface area is 79.2 Å². The Balaban J connectivity index is 1.82. The zero-order valence-electron chi connectivity index (χ0n) is 6.88. The van der Waals surface area contributed by atoms with Crippen molar-refractivity contribution in [3.05, 3.63) is 6.33 Å². The Morgan fingerprint density at radius 3 is 3.08 bits per heavy atom. The molecule has 1 aliphatic heterocycles. The molecule has 0 unspecified atom stereocenters. The number of anilines is 1. The van der Waals surface area contributed by atoms with Gasteiger partial charge in [0.2, 0.25) is 5.13 Å². The average Bonchev–Trinajstić information content (AvgIpc) is 2.46. The number of carbonyl (C=O) groups is 1. The van der Waals surface area contributed by atoms with Crippen molar-refractivity contribution in [2.75, 3.05) is 18.0 Å². The molecule has 1 fully saturated rings. The highest BCUT2D eigenvalue weighted by Crippen LogP contribution is 2.26.